The van der Waals surface area contributed by atoms with Crippen LogP contribution in [0.25, 0.3) is 0 Å². The van der Waals surface area contributed by atoms with Gasteiger partial charge in [0, 0.05) is 19.3 Å². The SMILES string of the molecule is CC(NCCC1CCOC1)c1ccccc1C(F)(F)F. The summed E-state index contributed by atoms with van der Waals surface area (Å²) in [7, 11) is 0. The van der Waals surface area contributed by atoms with Crippen LogP contribution < -0.4 is 5.32 Å². The fourth-order valence-electron chi connectivity index (χ4n) is 2.56. The first-order chi connectivity index (χ1) is 9.48. The van der Waals surface area contributed by atoms with E-state index in [1.54, 1.807) is 19.1 Å². The molecule has 0 aliphatic carbocycles. The summed E-state index contributed by atoms with van der Waals surface area (Å²) in [6.07, 6.45) is -2.31. The lowest BCUT2D eigenvalue weighted by Crippen LogP contribution is -2.24. The van der Waals surface area contributed by atoms with Gasteiger partial charge in [0.15, 0.2) is 0 Å². The number of rotatable bonds is 5. The number of hydrogen-bond donors (Lipinski definition) is 1. The molecule has 2 rings (SSSR count). The molecule has 1 aromatic rings. The second kappa shape index (κ2) is 6.59. The van der Waals surface area contributed by atoms with E-state index >= 15 is 0 Å². The molecule has 2 nitrogen and oxygen atoms in total. The van der Waals surface area contributed by atoms with Crippen LogP contribution in [0.5, 0.6) is 0 Å². The van der Waals surface area contributed by atoms with Crippen LogP contribution in [0.2, 0.25) is 0 Å². The maximum Gasteiger partial charge on any atom is 0.416 e. The predicted molar refractivity (Wildman–Crippen MR) is 71.4 cm³/mol. The Morgan fingerprint density at radius 2 is 2.10 bits per heavy atom. The number of ether oxygens (including phenoxy) is 1. The lowest BCUT2D eigenvalue weighted by Gasteiger charge is -2.20. The van der Waals surface area contributed by atoms with Crippen LogP contribution in [0.1, 0.15) is 36.9 Å². The highest BCUT2D eigenvalue weighted by molar-refractivity contribution is 5.32. The van der Waals surface area contributed by atoms with Crippen molar-refractivity contribution in [2.75, 3.05) is 19.8 Å². The summed E-state index contributed by atoms with van der Waals surface area (Å²) in [6.45, 7) is 4.06. The van der Waals surface area contributed by atoms with Crippen LogP contribution in [0.3, 0.4) is 0 Å². The molecule has 1 N–H and O–H groups in total. The third kappa shape index (κ3) is 3.96. The molecule has 0 saturated carbocycles. The summed E-state index contributed by atoms with van der Waals surface area (Å²) >= 11 is 0. The lowest BCUT2D eigenvalue weighted by molar-refractivity contribution is -0.138. The predicted octanol–water partition coefficient (Wildman–Crippen LogP) is 3.78. The zero-order valence-corrected chi connectivity index (χ0v) is 11.5. The lowest BCUT2D eigenvalue weighted by atomic mass is 10.00. The Bertz CT molecular complexity index is 427. The van der Waals surface area contributed by atoms with Crippen LogP contribution in [0.15, 0.2) is 24.3 Å². The van der Waals surface area contributed by atoms with Crippen molar-refractivity contribution < 1.29 is 17.9 Å². The van der Waals surface area contributed by atoms with Gasteiger partial charge in [-0.1, -0.05) is 18.2 Å². The van der Waals surface area contributed by atoms with Gasteiger partial charge < -0.3 is 10.1 Å². The zero-order chi connectivity index (χ0) is 14.6. The summed E-state index contributed by atoms with van der Waals surface area (Å²) in [5, 5.41) is 3.18. The van der Waals surface area contributed by atoms with E-state index in [2.05, 4.69) is 5.32 Å². The quantitative estimate of drug-likeness (QED) is 0.890. The third-order valence-electron chi connectivity index (χ3n) is 3.76. The first kappa shape index (κ1) is 15.3. The second-order valence-corrected chi connectivity index (χ2v) is 5.28. The van der Waals surface area contributed by atoms with E-state index in [9.17, 15) is 13.2 Å². The summed E-state index contributed by atoms with van der Waals surface area (Å²) in [5.74, 6) is 0.535. The van der Waals surface area contributed by atoms with Crippen molar-refractivity contribution in [1.82, 2.24) is 5.32 Å². The molecule has 2 unspecified atom stereocenters. The third-order valence-corrected chi connectivity index (χ3v) is 3.76. The first-order valence-electron chi connectivity index (χ1n) is 6.95. The monoisotopic (exact) mass is 287 g/mol. The van der Waals surface area contributed by atoms with E-state index in [-0.39, 0.29) is 6.04 Å². The van der Waals surface area contributed by atoms with Crippen molar-refractivity contribution in [3.63, 3.8) is 0 Å². The number of hydrogen-bond acceptors (Lipinski definition) is 2. The van der Waals surface area contributed by atoms with Crippen molar-refractivity contribution >= 4 is 0 Å². The molecule has 0 amide bonds. The van der Waals surface area contributed by atoms with Gasteiger partial charge in [-0.3, -0.25) is 0 Å². The van der Waals surface area contributed by atoms with Gasteiger partial charge in [0.1, 0.15) is 0 Å². The van der Waals surface area contributed by atoms with Crippen LogP contribution >= 0.6 is 0 Å². The van der Waals surface area contributed by atoms with E-state index in [4.69, 9.17) is 4.74 Å². The molecule has 1 fully saturated rings. The number of nitrogens with one attached hydrogen (secondary N) is 1. The van der Waals surface area contributed by atoms with Crippen molar-refractivity contribution in [2.24, 2.45) is 5.92 Å². The summed E-state index contributed by atoms with van der Waals surface area (Å²) < 4.78 is 44.1. The minimum absolute atomic E-state index is 0.308. The first-order valence-corrected chi connectivity index (χ1v) is 6.95. The van der Waals surface area contributed by atoms with Crippen LogP contribution in [0.4, 0.5) is 13.2 Å². The van der Waals surface area contributed by atoms with E-state index in [1.807, 2.05) is 0 Å². The van der Waals surface area contributed by atoms with Crippen molar-refractivity contribution in [3.05, 3.63) is 35.4 Å². The minimum Gasteiger partial charge on any atom is -0.381 e. The highest BCUT2D eigenvalue weighted by atomic mass is 19.4. The Morgan fingerprint density at radius 1 is 1.35 bits per heavy atom. The Labute approximate surface area is 117 Å². The highest BCUT2D eigenvalue weighted by Gasteiger charge is 2.34. The summed E-state index contributed by atoms with van der Waals surface area (Å²) in [5.41, 5.74) is -0.244. The molecule has 5 heteroatoms. The zero-order valence-electron chi connectivity index (χ0n) is 11.5. The van der Waals surface area contributed by atoms with E-state index in [0.717, 1.165) is 32.1 Å². The Hall–Kier alpha value is -1.07. The normalized spacial score (nSPS) is 21.1. The molecule has 1 aliphatic rings. The molecule has 0 aromatic heterocycles. The summed E-state index contributed by atoms with van der Waals surface area (Å²) in [6, 6.07) is 5.44. The molecule has 0 bridgehead atoms. The maximum atomic E-state index is 12.9. The number of halogens is 3. The Morgan fingerprint density at radius 3 is 2.75 bits per heavy atom. The molecular formula is C15H20F3NO. The van der Waals surface area contributed by atoms with Gasteiger partial charge in [-0.2, -0.15) is 13.2 Å². The average Bonchev–Trinajstić information content (AvgIpc) is 2.91. The fraction of sp³-hybridized carbons (Fsp3) is 0.600. The van der Waals surface area contributed by atoms with E-state index in [1.165, 1.54) is 6.07 Å². The standard InChI is InChI=1S/C15H20F3NO/c1-11(19-8-6-12-7-9-20-10-12)13-4-2-3-5-14(13)15(16,17)18/h2-5,11-12,19H,6-10H2,1H3. The molecule has 1 aromatic carbocycles. The minimum atomic E-state index is -4.30. The maximum absolute atomic E-state index is 12.9. The van der Waals surface area contributed by atoms with Gasteiger partial charge in [0.25, 0.3) is 0 Å². The van der Waals surface area contributed by atoms with Gasteiger partial charge in [-0.15, -0.1) is 0 Å². The fourth-order valence-corrected chi connectivity index (χ4v) is 2.56. The second-order valence-electron chi connectivity index (χ2n) is 5.28. The molecule has 1 saturated heterocycles. The molecule has 20 heavy (non-hydrogen) atoms. The smallest absolute Gasteiger partial charge is 0.381 e. The van der Waals surface area contributed by atoms with E-state index < -0.39 is 11.7 Å². The van der Waals surface area contributed by atoms with E-state index in [0.29, 0.717) is 18.0 Å². The molecule has 0 radical (unpaired) electrons. The van der Waals surface area contributed by atoms with Gasteiger partial charge in [0.2, 0.25) is 0 Å². The van der Waals surface area contributed by atoms with Crippen molar-refractivity contribution in [1.29, 1.82) is 0 Å². The Balaban J connectivity index is 1.93. The van der Waals surface area contributed by atoms with Crippen LogP contribution in [-0.4, -0.2) is 19.8 Å². The molecule has 0 spiro atoms. The van der Waals surface area contributed by atoms with Crippen LogP contribution in [0, 0.1) is 5.92 Å². The van der Waals surface area contributed by atoms with Gasteiger partial charge in [-0.05, 0) is 43.9 Å². The van der Waals surface area contributed by atoms with Gasteiger partial charge >= 0.3 is 6.18 Å². The summed E-state index contributed by atoms with van der Waals surface area (Å²) in [4.78, 5) is 0. The number of alkyl halides is 3. The average molecular weight is 287 g/mol. The molecule has 2 atom stereocenters. The van der Waals surface area contributed by atoms with Crippen LogP contribution in [-0.2, 0) is 10.9 Å². The molecular weight excluding hydrogens is 267 g/mol. The topological polar surface area (TPSA) is 21.3 Å². The largest absolute Gasteiger partial charge is 0.416 e. The Kier molecular flexibility index (Phi) is 5.05. The van der Waals surface area contributed by atoms with Crippen molar-refractivity contribution in [3.8, 4) is 0 Å². The van der Waals surface area contributed by atoms with Gasteiger partial charge in [0.05, 0.1) is 5.56 Å². The van der Waals surface area contributed by atoms with Crippen molar-refractivity contribution in [2.45, 2.75) is 32.0 Å². The molecule has 1 aliphatic heterocycles. The number of benzene rings is 1. The van der Waals surface area contributed by atoms with Gasteiger partial charge in [-0.25, -0.2) is 0 Å². The molecule has 112 valence electrons. The highest BCUT2D eigenvalue weighted by Crippen LogP contribution is 2.34. The molecule has 1 heterocycles.